The zero-order chi connectivity index (χ0) is 15.9. The van der Waals surface area contributed by atoms with Crippen LogP contribution >= 0.6 is 11.6 Å². The summed E-state index contributed by atoms with van der Waals surface area (Å²) in [6.45, 7) is 6.96. The van der Waals surface area contributed by atoms with Crippen molar-refractivity contribution in [3.05, 3.63) is 29.3 Å². The van der Waals surface area contributed by atoms with Crippen molar-refractivity contribution in [2.75, 3.05) is 32.8 Å². The Bertz CT molecular complexity index is 471. The molecule has 0 aliphatic carbocycles. The normalized spacial score (nSPS) is 22.3. The highest BCUT2D eigenvalue weighted by Crippen LogP contribution is 2.15. The molecule has 1 aliphatic heterocycles. The van der Waals surface area contributed by atoms with Crippen LogP contribution in [-0.2, 0) is 9.53 Å². The monoisotopic (exact) mass is 326 g/mol. The van der Waals surface area contributed by atoms with Crippen LogP contribution in [0.1, 0.15) is 13.8 Å². The average Bonchev–Trinajstić information content (AvgIpc) is 2.44. The Morgan fingerprint density at radius 3 is 2.59 bits per heavy atom. The van der Waals surface area contributed by atoms with Gasteiger partial charge in [-0.15, -0.1) is 0 Å². The van der Waals surface area contributed by atoms with Crippen molar-refractivity contribution in [1.29, 1.82) is 0 Å². The van der Waals surface area contributed by atoms with Crippen molar-refractivity contribution in [2.24, 2.45) is 0 Å². The number of carbonyl (C=O) groups excluding carboxylic acids is 1. The van der Waals surface area contributed by atoms with E-state index < -0.39 is 0 Å². The summed E-state index contributed by atoms with van der Waals surface area (Å²) in [6, 6.07) is 7.16. The first kappa shape index (κ1) is 17.1. The number of nitrogens with zero attached hydrogens (tertiary/aromatic N) is 1. The fourth-order valence-electron chi connectivity index (χ4n) is 2.56. The molecular weight excluding hydrogens is 304 g/mol. The molecule has 1 amide bonds. The first-order valence-corrected chi connectivity index (χ1v) is 7.93. The molecule has 1 saturated heterocycles. The van der Waals surface area contributed by atoms with Crippen LogP contribution in [0.25, 0.3) is 0 Å². The second-order valence-corrected chi connectivity index (χ2v) is 6.04. The second-order valence-electron chi connectivity index (χ2n) is 5.60. The van der Waals surface area contributed by atoms with Gasteiger partial charge in [-0.05, 0) is 38.1 Å². The Morgan fingerprint density at radius 1 is 1.32 bits per heavy atom. The van der Waals surface area contributed by atoms with E-state index in [0.717, 1.165) is 18.8 Å². The Labute approximate surface area is 136 Å². The first-order valence-electron chi connectivity index (χ1n) is 7.56. The van der Waals surface area contributed by atoms with E-state index in [-0.39, 0.29) is 18.1 Å². The van der Waals surface area contributed by atoms with E-state index in [1.54, 1.807) is 24.3 Å². The largest absolute Gasteiger partial charge is 0.492 e. The molecule has 0 saturated carbocycles. The van der Waals surface area contributed by atoms with Crippen molar-refractivity contribution in [2.45, 2.75) is 26.1 Å². The second kappa shape index (κ2) is 8.36. The van der Waals surface area contributed by atoms with Gasteiger partial charge in [0.25, 0.3) is 0 Å². The zero-order valence-corrected chi connectivity index (χ0v) is 13.8. The SMILES string of the molecule is C[C@@H]1CN(CC(=O)NCCOc2ccc(Cl)cc2)C[C@H](C)O1. The summed E-state index contributed by atoms with van der Waals surface area (Å²) in [7, 11) is 0. The lowest BCUT2D eigenvalue weighted by atomic mass is 10.2. The third-order valence-electron chi connectivity index (χ3n) is 3.37. The fourth-order valence-corrected chi connectivity index (χ4v) is 2.69. The van der Waals surface area contributed by atoms with Gasteiger partial charge in [-0.3, -0.25) is 9.69 Å². The highest BCUT2D eigenvalue weighted by Gasteiger charge is 2.23. The van der Waals surface area contributed by atoms with Gasteiger partial charge in [0.1, 0.15) is 12.4 Å². The van der Waals surface area contributed by atoms with Gasteiger partial charge in [-0.2, -0.15) is 0 Å². The first-order chi connectivity index (χ1) is 10.5. The number of ether oxygens (including phenoxy) is 2. The van der Waals surface area contributed by atoms with Gasteiger partial charge in [0.15, 0.2) is 0 Å². The van der Waals surface area contributed by atoms with Crippen LogP contribution in [0.15, 0.2) is 24.3 Å². The van der Waals surface area contributed by atoms with Crippen LogP contribution in [0.4, 0.5) is 0 Å². The van der Waals surface area contributed by atoms with Gasteiger partial charge in [-0.1, -0.05) is 11.6 Å². The molecule has 6 heteroatoms. The average molecular weight is 327 g/mol. The molecule has 5 nitrogen and oxygen atoms in total. The molecule has 1 N–H and O–H groups in total. The van der Waals surface area contributed by atoms with Gasteiger partial charge < -0.3 is 14.8 Å². The van der Waals surface area contributed by atoms with Crippen molar-refractivity contribution in [3.63, 3.8) is 0 Å². The van der Waals surface area contributed by atoms with Gasteiger partial charge >= 0.3 is 0 Å². The third kappa shape index (κ3) is 5.83. The molecule has 2 atom stereocenters. The van der Waals surface area contributed by atoms with Crippen LogP contribution < -0.4 is 10.1 Å². The Hall–Kier alpha value is -1.30. The van der Waals surface area contributed by atoms with Crippen LogP contribution in [0, 0.1) is 0 Å². The van der Waals surface area contributed by atoms with Gasteiger partial charge in [-0.25, -0.2) is 0 Å². The molecule has 0 bridgehead atoms. The number of carbonyl (C=O) groups is 1. The highest BCUT2D eigenvalue weighted by molar-refractivity contribution is 6.30. The van der Waals surface area contributed by atoms with Crippen LogP contribution in [-0.4, -0.2) is 55.8 Å². The zero-order valence-electron chi connectivity index (χ0n) is 13.0. The van der Waals surface area contributed by atoms with Crippen LogP contribution in [0.5, 0.6) is 5.75 Å². The van der Waals surface area contributed by atoms with Gasteiger partial charge in [0, 0.05) is 18.1 Å². The number of rotatable bonds is 6. The minimum atomic E-state index is 0.0148. The smallest absolute Gasteiger partial charge is 0.234 e. The summed E-state index contributed by atoms with van der Waals surface area (Å²) < 4.78 is 11.2. The number of benzene rings is 1. The van der Waals surface area contributed by atoms with E-state index in [0.29, 0.717) is 24.7 Å². The Balaban J connectivity index is 1.62. The number of nitrogens with one attached hydrogen (secondary N) is 1. The van der Waals surface area contributed by atoms with E-state index in [2.05, 4.69) is 10.2 Å². The van der Waals surface area contributed by atoms with Gasteiger partial charge in [0.2, 0.25) is 5.91 Å². The highest BCUT2D eigenvalue weighted by atomic mass is 35.5. The maximum atomic E-state index is 11.9. The van der Waals surface area contributed by atoms with E-state index in [9.17, 15) is 4.79 Å². The summed E-state index contributed by atoms with van der Waals surface area (Å²) in [5.41, 5.74) is 0. The minimum Gasteiger partial charge on any atom is -0.492 e. The van der Waals surface area contributed by atoms with E-state index >= 15 is 0 Å². The van der Waals surface area contributed by atoms with Gasteiger partial charge in [0.05, 0.1) is 25.3 Å². The van der Waals surface area contributed by atoms with Crippen LogP contribution in [0.2, 0.25) is 5.02 Å². The molecular formula is C16H23ClN2O3. The maximum absolute atomic E-state index is 11.9. The summed E-state index contributed by atoms with van der Waals surface area (Å²) in [5.74, 6) is 0.760. The summed E-state index contributed by atoms with van der Waals surface area (Å²) >= 11 is 5.80. The molecule has 1 aromatic rings. The fraction of sp³-hybridized carbons (Fsp3) is 0.562. The molecule has 1 aliphatic rings. The molecule has 0 aromatic heterocycles. The predicted octanol–water partition coefficient (Wildman–Crippen LogP) is 1.94. The van der Waals surface area contributed by atoms with E-state index in [1.807, 2.05) is 13.8 Å². The van der Waals surface area contributed by atoms with Crippen molar-refractivity contribution in [1.82, 2.24) is 10.2 Å². The lowest BCUT2D eigenvalue weighted by Crippen LogP contribution is -2.49. The molecule has 1 heterocycles. The third-order valence-corrected chi connectivity index (χ3v) is 3.62. The summed E-state index contributed by atoms with van der Waals surface area (Å²) in [5, 5.41) is 3.54. The van der Waals surface area contributed by atoms with E-state index in [4.69, 9.17) is 21.1 Å². The van der Waals surface area contributed by atoms with Crippen molar-refractivity contribution in [3.8, 4) is 5.75 Å². The quantitative estimate of drug-likeness (QED) is 0.812. The molecule has 0 unspecified atom stereocenters. The predicted molar refractivity (Wildman–Crippen MR) is 86.4 cm³/mol. The molecule has 2 rings (SSSR count). The van der Waals surface area contributed by atoms with Crippen molar-refractivity contribution < 1.29 is 14.3 Å². The molecule has 22 heavy (non-hydrogen) atoms. The Kier molecular flexibility index (Phi) is 6.49. The lowest BCUT2D eigenvalue weighted by molar-refractivity contribution is -0.126. The van der Waals surface area contributed by atoms with Crippen molar-refractivity contribution >= 4 is 17.5 Å². The minimum absolute atomic E-state index is 0.0148. The Morgan fingerprint density at radius 2 is 1.95 bits per heavy atom. The van der Waals surface area contributed by atoms with Crippen LogP contribution in [0.3, 0.4) is 0 Å². The molecule has 122 valence electrons. The molecule has 0 radical (unpaired) electrons. The molecule has 0 spiro atoms. The standard InChI is InChI=1S/C16H23ClN2O3/c1-12-9-19(10-13(2)22-12)11-16(20)18-7-8-21-15-5-3-14(17)4-6-15/h3-6,12-13H,7-11H2,1-2H3,(H,18,20)/t12-,13+. The summed E-state index contributed by atoms with van der Waals surface area (Å²) in [6.07, 6.45) is 0.342. The molecule has 1 fully saturated rings. The number of hydrogen-bond donors (Lipinski definition) is 1. The van der Waals surface area contributed by atoms with E-state index in [1.165, 1.54) is 0 Å². The topological polar surface area (TPSA) is 50.8 Å². The lowest BCUT2D eigenvalue weighted by Gasteiger charge is -2.34. The maximum Gasteiger partial charge on any atom is 0.234 e. The number of halogens is 1. The number of hydrogen-bond acceptors (Lipinski definition) is 4. The number of amides is 1. The number of morpholine rings is 1. The summed E-state index contributed by atoms with van der Waals surface area (Å²) in [4.78, 5) is 14.0. The molecule has 1 aromatic carbocycles.